The van der Waals surface area contributed by atoms with Crippen molar-refractivity contribution in [1.82, 2.24) is 0 Å². The largest absolute Gasteiger partial charge is 1.00 e. The molecule has 0 aliphatic carbocycles. The van der Waals surface area contributed by atoms with Gasteiger partial charge in [0.1, 0.15) is 6.54 Å². The van der Waals surface area contributed by atoms with E-state index in [-0.39, 0.29) is 19.2 Å². The lowest BCUT2D eigenvalue weighted by Gasteiger charge is -2.54. The van der Waals surface area contributed by atoms with Crippen molar-refractivity contribution in [3.05, 3.63) is 46.5 Å². The summed E-state index contributed by atoms with van der Waals surface area (Å²) < 4.78 is 22.8. The number of halogens is 1. The number of hydrogen-bond acceptors (Lipinski definition) is 5. The van der Waals surface area contributed by atoms with E-state index in [1.807, 2.05) is 24.3 Å². The van der Waals surface area contributed by atoms with E-state index in [1.54, 1.807) is 14.2 Å². The molecule has 2 unspecified atom stereocenters. The Morgan fingerprint density at radius 2 is 1.82 bits per heavy atom. The maximum absolute atomic E-state index is 12.0. The molecule has 0 aromatic heterocycles. The van der Waals surface area contributed by atoms with E-state index in [1.165, 1.54) is 0 Å². The Morgan fingerprint density at radius 1 is 1.07 bits per heavy atom. The van der Waals surface area contributed by atoms with Gasteiger partial charge in [0, 0.05) is 12.0 Å². The zero-order valence-electron chi connectivity index (χ0n) is 16.3. The molecule has 0 saturated heterocycles. The Kier molecular flexibility index (Phi) is 4.41. The second-order valence-corrected chi connectivity index (χ2v) is 7.82. The van der Waals surface area contributed by atoms with Gasteiger partial charge in [-0.15, -0.1) is 0 Å². The Hall–Kier alpha value is -2.15. The van der Waals surface area contributed by atoms with Crippen LogP contribution in [0.15, 0.2) is 24.3 Å². The zero-order valence-corrected chi connectivity index (χ0v) is 17.0. The van der Waals surface area contributed by atoms with E-state index < -0.39 is 5.72 Å². The van der Waals surface area contributed by atoms with Gasteiger partial charge in [-0.2, -0.15) is 0 Å². The lowest BCUT2D eigenvalue weighted by molar-refractivity contribution is -1.01. The molecule has 28 heavy (non-hydrogen) atoms. The summed E-state index contributed by atoms with van der Waals surface area (Å²) in [6, 6.07) is 7.96. The van der Waals surface area contributed by atoms with Crippen molar-refractivity contribution in [2.45, 2.75) is 25.1 Å². The van der Waals surface area contributed by atoms with Gasteiger partial charge in [0.25, 0.3) is 0 Å². The van der Waals surface area contributed by atoms with Crippen molar-refractivity contribution in [2.75, 3.05) is 34.6 Å². The van der Waals surface area contributed by atoms with Crippen LogP contribution in [0.1, 0.15) is 22.3 Å². The first-order valence-corrected chi connectivity index (χ1v) is 9.22. The standard InChI is InChI=1S/C21H24NO5.ClH/c1-22-7-6-13-8-18-19(27-12-26-18)9-16(13)21(22,23)10-14-4-5-17(24-2)20(25-3)15(14)11-22;/h4-5,8-9,23H,6-7,10-12H2,1-3H3;1H/q+1;/p-1. The van der Waals surface area contributed by atoms with E-state index in [2.05, 4.69) is 7.05 Å². The molecule has 0 amide bonds. The summed E-state index contributed by atoms with van der Waals surface area (Å²) in [6.45, 7) is 1.76. The number of quaternary nitrogens is 1. The average molecular weight is 406 g/mol. The molecule has 7 heteroatoms. The number of ether oxygens (including phenoxy) is 4. The number of hydrogen-bond donors (Lipinski definition) is 1. The van der Waals surface area contributed by atoms with Crippen molar-refractivity contribution in [1.29, 1.82) is 0 Å². The molecule has 0 bridgehead atoms. The van der Waals surface area contributed by atoms with Crippen LogP contribution in [0.2, 0.25) is 0 Å². The molecule has 150 valence electrons. The molecule has 0 saturated carbocycles. The van der Waals surface area contributed by atoms with Gasteiger partial charge in [-0.05, 0) is 29.3 Å². The highest BCUT2D eigenvalue weighted by atomic mass is 35.5. The van der Waals surface area contributed by atoms with Crippen LogP contribution in [0.4, 0.5) is 0 Å². The summed E-state index contributed by atoms with van der Waals surface area (Å²) in [4.78, 5) is 0. The SMILES string of the molecule is COc1ccc2c(c1OC)C[N+]1(C)CCc3cc4c(cc3C1(O)C2)OCO4.[Cl-]. The number of benzene rings is 2. The molecular formula is C21H24ClNO5. The van der Waals surface area contributed by atoms with Gasteiger partial charge in [0.05, 0.1) is 39.8 Å². The monoisotopic (exact) mass is 405 g/mol. The molecule has 3 aliphatic heterocycles. The van der Waals surface area contributed by atoms with Crippen LogP contribution in [0, 0.1) is 0 Å². The predicted octanol–water partition coefficient (Wildman–Crippen LogP) is -0.659. The van der Waals surface area contributed by atoms with Crippen molar-refractivity contribution >= 4 is 0 Å². The van der Waals surface area contributed by atoms with Gasteiger partial charge in [-0.3, -0.25) is 4.48 Å². The smallest absolute Gasteiger partial charge is 0.232 e. The maximum atomic E-state index is 12.0. The van der Waals surface area contributed by atoms with E-state index >= 15 is 0 Å². The van der Waals surface area contributed by atoms with Gasteiger partial charge in [0.15, 0.2) is 23.0 Å². The Balaban J connectivity index is 0.00000192. The molecule has 1 N–H and O–H groups in total. The first-order valence-electron chi connectivity index (χ1n) is 9.22. The van der Waals surface area contributed by atoms with Gasteiger partial charge < -0.3 is 36.5 Å². The van der Waals surface area contributed by atoms with E-state index in [9.17, 15) is 5.11 Å². The van der Waals surface area contributed by atoms with E-state index in [4.69, 9.17) is 18.9 Å². The van der Waals surface area contributed by atoms with Crippen molar-refractivity contribution in [2.24, 2.45) is 0 Å². The summed E-state index contributed by atoms with van der Waals surface area (Å²) in [5.41, 5.74) is 3.29. The van der Waals surface area contributed by atoms with Crippen molar-refractivity contribution < 1.29 is 40.9 Å². The molecule has 0 fully saturated rings. The third-order valence-electron chi connectivity index (χ3n) is 6.49. The van der Waals surface area contributed by atoms with Crippen LogP contribution in [0.25, 0.3) is 0 Å². The third kappa shape index (κ3) is 2.41. The minimum atomic E-state index is -1.01. The van der Waals surface area contributed by atoms with Crippen LogP contribution in [0.5, 0.6) is 23.0 Å². The molecule has 2 aromatic rings. The first-order chi connectivity index (χ1) is 13.0. The Morgan fingerprint density at radius 3 is 2.54 bits per heavy atom. The highest BCUT2D eigenvalue weighted by Crippen LogP contribution is 2.51. The van der Waals surface area contributed by atoms with E-state index in [0.29, 0.717) is 23.2 Å². The zero-order chi connectivity index (χ0) is 18.8. The lowest BCUT2D eigenvalue weighted by Crippen LogP contribution is -3.00. The Bertz CT molecular complexity index is 949. The average Bonchev–Trinajstić information content (AvgIpc) is 3.12. The summed E-state index contributed by atoms with van der Waals surface area (Å²) in [6.07, 6.45) is 1.40. The van der Waals surface area contributed by atoms with Crippen LogP contribution in [-0.4, -0.2) is 44.2 Å². The second-order valence-electron chi connectivity index (χ2n) is 7.82. The molecule has 5 rings (SSSR count). The summed E-state index contributed by atoms with van der Waals surface area (Å²) in [5, 5.41) is 12.0. The Labute approximate surface area is 170 Å². The van der Waals surface area contributed by atoms with Crippen LogP contribution in [-0.2, 0) is 25.1 Å². The summed E-state index contributed by atoms with van der Waals surface area (Å²) >= 11 is 0. The fourth-order valence-corrected chi connectivity index (χ4v) is 4.89. The molecule has 0 spiro atoms. The molecule has 2 aromatic carbocycles. The van der Waals surface area contributed by atoms with Gasteiger partial charge in [-0.1, -0.05) is 6.07 Å². The predicted molar refractivity (Wildman–Crippen MR) is 98.2 cm³/mol. The number of aliphatic hydroxyl groups is 1. The highest BCUT2D eigenvalue weighted by molar-refractivity contribution is 5.54. The number of likely N-dealkylation sites (N-methyl/N-ethyl adjacent to an activating group) is 1. The molecule has 6 nitrogen and oxygen atoms in total. The van der Waals surface area contributed by atoms with Crippen LogP contribution in [0.3, 0.4) is 0 Å². The second kappa shape index (κ2) is 6.44. The minimum Gasteiger partial charge on any atom is -1.00 e. The summed E-state index contributed by atoms with van der Waals surface area (Å²) in [7, 11) is 5.44. The molecule has 0 radical (unpaired) electrons. The van der Waals surface area contributed by atoms with Gasteiger partial charge in [0.2, 0.25) is 12.5 Å². The topological polar surface area (TPSA) is 57.2 Å². The quantitative estimate of drug-likeness (QED) is 0.672. The first kappa shape index (κ1) is 19.2. The van der Waals surface area contributed by atoms with Gasteiger partial charge >= 0.3 is 0 Å². The highest BCUT2D eigenvalue weighted by Gasteiger charge is 2.56. The lowest BCUT2D eigenvalue weighted by atomic mass is 9.78. The van der Waals surface area contributed by atoms with Crippen molar-refractivity contribution in [3.63, 3.8) is 0 Å². The number of rotatable bonds is 2. The third-order valence-corrected chi connectivity index (χ3v) is 6.49. The summed E-state index contributed by atoms with van der Waals surface area (Å²) in [5.74, 6) is 2.99. The van der Waals surface area contributed by atoms with Gasteiger partial charge in [-0.25, -0.2) is 0 Å². The van der Waals surface area contributed by atoms with E-state index in [0.717, 1.165) is 52.5 Å². The maximum Gasteiger partial charge on any atom is 0.232 e. The van der Waals surface area contributed by atoms with Crippen molar-refractivity contribution in [3.8, 4) is 23.0 Å². The van der Waals surface area contributed by atoms with Crippen LogP contribution < -0.4 is 31.4 Å². The van der Waals surface area contributed by atoms with Crippen LogP contribution >= 0.6 is 0 Å². The normalized spacial score (nSPS) is 26.4. The minimum absolute atomic E-state index is 0. The number of fused-ring (bicyclic) bond motifs is 5. The number of methoxy groups -OCH3 is 2. The number of nitrogens with zero attached hydrogens (tertiary/aromatic N) is 1. The molecule has 3 aliphatic rings. The molecule has 2 atom stereocenters. The molecular weight excluding hydrogens is 382 g/mol. The molecule has 3 heterocycles. The fraction of sp³-hybridized carbons (Fsp3) is 0.429. The fourth-order valence-electron chi connectivity index (χ4n) is 4.89.